The van der Waals surface area contributed by atoms with Crippen LogP contribution in [0.1, 0.15) is 30.0 Å². The minimum absolute atomic E-state index is 0.138. The largest absolute Gasteiger partial charge is 0.449 e. The van der Waals surface area contributed by atoms with Crippen molar-refractivity contribution in [2.45, 2.75) is 19.9 Å². The van der Waals surface area contributed by atoms with E-state index in [-0.39, 0.29) is 11.8 Å². The Morgan fingerprint density at radius 2 is 2.09 bits per heavy atom. The molecule has 0 aliphatic carbocycles. The molecule has 9 heteroatoms. The second-order valence-corrected chi connectivity index (χ2v) is 7.94. The molecule has 0 radical (unpaired) electrons. The van der Waals surface area contributed by atoms with Crippen LogP contribution in [0.25, 0.3) is 0 Å². The maximum Gasteiger partial charge on any atom is 0.411 e. The number of anilines is 1. The fourth-order valence-electron chi connectivity index (χ4n) is 3.01. The maximum absolute atomic E-state index is 12.4. The summed E-state index contributed by atoms with van der Waals surface area (Å²) in [5.41, 5.74) is 3.64. The van der Waals surface area contributed by atoms with E-state index in [1.165, 1.54) is 16.8 Å². The van der Waals surface area contributed by atoms with Crippen molar-refractivity contribution in [3.8, 4) is 6.07 Å². The summed E-state index contributed by atoms with van der Waals surface area (Å²) in [7, 11) is 0. The van der Waals surface area contributed by atoms with Gasteiger partial charge in [0.15, 0.2) is 0 Å². The Morgan fingerprint density at radius 1 is 1.28 bits per heavy atom. The molecule has 2 amide bonds. The predicted octanol–water partition coefficient (Wildman–Crippen LogP) is 4.18. The fraction of sp³-hybridized carbons (Fsp3) is 0.304. The Bertz CT molecular complexity index is 1020. The van der Waals surface area contributed by atoms with E-state index in [4.69, 9.17) is 10.00 Å². The third kappa shape index (κ3) is 6.83. The van der Waals surface area contributed by atoms with Crippen LogP contribution in [-0.4, -0.2) is 47.5 Å². The smallest absolute Gasteiger partial charge is 0.411 e. The lowest BCUT2D eigenvalue weighted by molar-refractivity contribution is 0.160. The second-order valence-electron chi connectivity index (χ2n) is 7.02. The molecule has 0 saturated heterocycles. The van der Waals surface area contributed by atoms with Crippen LogP contribution in [0.4, 0.5) is 15.3 Å². The van der Waals surface area contributed by atoms with Crippen molar-refractivity contribution in [3.05, 3.63) is 65.2 Å². The van der Waals surface area contributed by atoms with Gasteiger partial charge in [-0.15, -0.1) is 0 Å². The van der Waals surface area contributed by atoms with Gasteiger partial charge in [-0.1, -0.05) is 43.0 Å². The number of thioether (sulfide) groups is 1. The van der Waals surface area contributed by atoms with Gasteiger partial charge in [-0.2, -0.15) is 10.4 Å². The molecule has 3 rings (SSSR count). The SMILES string of the molecule is CCNCCCOC(=O)Nc1cccc(CN2N=C(c3ccc(C#N)cc3)CSC2=O)c1. The van der Waals surface area contributed by atoms with Crippen molar-refractivity contribution >= 4 is 34.5 Å². The first-order chi connectivity index (χ1) is 15.6. The molecule has 1 heterocycles. The van der Waals surface area contributed by atoms with Crippen LogP contribution < -0.4 is 10.6 Å². The molecule has 0 atom stereocenters. The van der Waals surface area contributed by atoms with Gasteiger partial charge in [0.1, 0.15) is 0 Å². The van der Waals surface area contributed by atoms with Crippen LogP contribution in [0.3, 0.4) is 0 Å². The molecule has 0 spiro atoms. The van der Waals surface area contributed by atoms with Crippen molar-refractivity contribution < 1.29 is 14.3 Å². The predicted molar refractivity (Wildman–Crippen MR) is 126 cm³/mol. The quantitative estimate of drug-likeness (QED) is 0.554. The Hall–Kier alpha value is -3.35. The number of benzene rings is 2. The van der Waals surface area contributed by atoms with Gasteiger partial charge in [0, 0.05) is 11.4 Å². The number of nitriles is 1. The first kappa shape index (κ1) is 23.3. The zero-order valence-electron chi connectivity index (χ0n) is 17.8. The van der Waals surface area contributed by atoms with Gasteiger partial charge >= 0.3 is 11.3 Å². The Morgan fingerprint density at radius 3 is 2.84 bits per heavy atom. The summed E-state index contributed by atoms with van der Waals surface area (Å²) in [6.07, 6.45) is 0.236. The highest BCUT2D eigenvalue weighted by molar-refractivity contribution is 8.14. The zero-order chi connectivity index (χ0) is 22.8. The average Bonchev–Trinajstić information content (AvgIpc) is 2.81. The Labute approximate surface area is 191 Å². The monoisotopic (exact) mass is 451 g/mol. The molecule has 8 nitrogen and oxygen atoms in total. The fourth-order valence-corrected chi connectivity index (χ4v) is 3.75. The molecule has 0 unspecified atom stereocenters. The summed E-state index contributed by atoms with van der Waals surface area (Å²) >= 11 is 1.18. The Kier molecular flexibility index (Phi) is 8.66. The minimum Gasteiger partial charge on any atom is -0.449 e. The third-order valence-corrected chi connectivity index (χ3v) is 5.49. The van der Waals surface area contributed by atoms with Crippen LogP contribution in [0.15, 0.2) is 53.6 Å². The van der Waals surface area contributed by atoms with Crippen LogP contribution in [0, 0.1) is 11.3 Å². The summed E-state index contributed by atoms with van der Waals surface area (Å²) in [4.78, 5) is 24.4. The van der Waals surface area contributed by atoms with Gasteiger partial charge in [-0.05, 0) is 54.9 Å². The summed E-state index contributed by atoms with van der Waals surface area (Å²) < 4.78 is 5.18. The van der Waals surface area contributed by atoms with Crippen molar-refractivity contribution in [1.82, 2.24) is 10.3 Å². The standard InChI is InChI=1S/C23H25N5O3S/c1-2-25-11-4-12-31-22(29)26-20-6-3-5-18(13-20)15-28-23(30)32-16-21(27-28)19-9-7-17(14-24)8-10-19/h3,5-10,13,25H,2,4,11-12,15-16H2,1H3,(H,26,29). The number of hydrazone groups is 1. The molecule has 2 aromatic carbocycles. The number of amides is 2. The molecular weight excluding hydrogens is 426 g/mol. The molecule has 32 heavy (non-hydrogen) atoms. The number of hydrogen-bond acceptors (Lipinski definition) is 7. The minimum atomic E-state index is -0.510. The molecule has 0 fully saturated rings. The summed E-state index contributed by atoms with van der Waals surface area (Å²) in [5, 5.41) is 20.6. The lowest BCUT2D eigenvalue weighted by atomic mass is 10.1. The van der Waals surface area contributed by atoms with Crippen LogP contribution in [0.5, 0.6) is 0 Å². The van der Waals surface area contributed by atoms with Crippen LogP contribution in [-0.2, 0) is 11.3 Å². The van der Waals surface area contributed by atoms with Crippen molar-refractivity contribution in [2.24, 2.45) is 5.10 Å². The van der Waals surface area contributed by atoms with Gasteiger partial charge < -0.3 is 10.1 Å². The Balaban J connectivity index is 1.61. The number of nitrogens with one attached hydrogen (secondary N) is 2. The van der Waals surface area contributed by atoms with Gasteiger partial charge in [0.05, 0.1) is 30.5 Å². The van der Waals surface area contributed by atoms with E-state index >= 15 is 0 Å². The normalized spacial score (nSPS) is 13.3. The number of nitrogens with zero attached hydrogens (tertiary/aromatic N) is 3. The molecule has 1 aliphatic rings. The van der Waals surface area contributed by atoms with Gasteiger partial charge in [0.25, 0.3) is 0 Å². The maximum atomic E-state index is 12.4. The number of carbonyl (C=O) groups excluding carboxylic acids is 2. The lowest BCUT2D eigenvalue weighted by Gasteiger charge is -2.23. The van der Waals surface area contributed by atoms with Crippen molar-refractivity contribution in [1.29, 1.82) is 5.26 Å². The van der Waals surface area contributed by atoms with Crippen molar-refractivity contribution in [3.63, 3.8) is 0 Å². The lowest BCUT2D eigenvalue weighted by Crippen LogP contribution is -2.29. The second kappa shape index (κ2) is 11.9. The van der Waals surface area contributed by atoms with E-state index < -0.39 is 6.09 Å². The molecule has 2 N–H and O–H groups in total. The van der Waals surface area contributed by atoms with E-state index in [0.717, 1.165) is 36.3 Å². The highest BCUT2D eigenvalue weighted by Crippen LogP contribution is 2.23. The van der Waals surface area contributed by atoms with E-state index in [0.29, 0.717) is 23.6 Å². The number of hydrogen-bond donors (Lipinski definition) is 2. The van der Waals surface area contributed by atoms with Gasteiger partial charge in [-0.3, -0.25) is 10.1 Å². The molecule has 2 aromatic rings. The molecule has 1 aliphatic heterocycles. The van der Waals surface area contributed by atoms with Gasteiger partial charge in [-0.25, -0.2) is 9.80 Å². The first-order valence-corrected chi connectivity index (χ1v) is 11.3. The van der Waals surface area contributed by atoms with E-state index in [1.54, 1.807) is 24.3 Å². The number of ether oxygens (including phenoxy) is 1. The average molecular weight is 452 g/mol. The number of rotatable bonds is 9. The first-order valence-electron chi connectivity index (χ1n) is 10.3. The molecule has 166 valence electrons. The van der Waals surface area contributed by atoms with E-state index in [9.17, 15) is 9.59 Å². The number of carbonyl (C=O) groups is 2. The van der Waals surface area contributed by atoms with E-state index in [2.05, 4.69) is 21.8 Å². The highest BCUT2D eigenvalue weighted by Gasteiger charge is 2.22. The molecule has 0 aromatic heterocycles. The topological polar surface area (TPSA) is 107 Å². The molecule has 0 saturated carbocycles. The van der Waals surface area contributed by atoms with Crippen molar-refractivity contribution in [2.75, 3.05) is 30.8 Å². The molecular formula is C23H25N5O3S. The zero-order valence-corrected chi connectivity index (χ0v) is 18.7. The molecule has 0 bridgehead atoms. The van der Waals surface area contributed by atoms with Gasteiger partial charge in [0.2, 0.25) is 0 Å². The third-order valence-electron chi connectivity index (χ3n) is 4.62. The van der Waals surface area contributed by atoms with Crippen LogP contribution in [0.2, 0.25) is 0 Å². The summed E-state index contributed by atoms with van der Waals surface area (Å²) in [5.74, 6) is 0.475. The summed E-state index contributed by atoms with van der Waals surface area (Å²) in [6, 6.07) is 16.5. The van der Waals surface area contributed by atoms with E-state index in [1.807, 2.05) is 31.2 Å². The summed E-state index contributed by atoms with van der Waals surface area (Å²) in [6.45, 7) is 4.32. The highest BCUT2D eigenvalue weighted by atomic mass is 32.2. The van der Waals surface area contributed by atoms with Crippen LogP contribution >= 0.6 is 11.8 Å².